The van der Waals surface area contributed by atoms with Crippen LogP contribution in [0, 0.1) is 12.7 Å². The fourth-order valence-electron chi connectivity index (χ4n) is 1.90. The summed E-state index contributed by atoms with van der Waals surface area (Å²) in [6.45, 7) is 2.54. The fraction of sp³-hybridized carbons (Fsp3) is 0.125. The van der Waals surface area contributed by atoms with Crippen LogP contribution in [-0.4, -0.2) is 9.97 Å². The normalized spacial score (nSPS) is 10.5. The van der Waals surface area contributed by atoms with Crippen molar-refractivity contribution in [3.8, 4) is 11.6 Å². The topological polar surface area (TPSA) is 47.0 Å². The summed E-state index contributed by atoms with van der Waals surface area (Å²) in [5.74, 6) is 0.533. The second-order valence-electron chi connectivity index (χ2n) is 4.66. The average Bonchev–Trinajstić information content (AvgIpc) is 2.92. The molecule has 0 aliphatic carbocycles. The van der Waals surface area contributed by atoms with Crippen LogP contribution in [-0.2, 0) is 6.54 Å². The number of hydrogen-bond donors (Lipinski definition) is 1. The highest BCUT2D eigenvalue weighted by molar-refractivity contribution is 7.15. The molecule has 2 aromatic heterocycles. The molecule has 0 fully saturated rings. The number of ether oxygens (including phenoxy) is 1. The van der Waals surface area contributed by atoms with Gasteiger partial charge in [0, 0.05) is 35.4 Å². The number of aromatic nitrogens is 2. The van der Waals surface area contributed by atoms with E-state index in [9.17, 15) is 4.39 Å². The van der Waals surface area contributed by atoms with Gasteiger partial charge in [-0.15, -0.1) is 11.3 Å². The quantitative estimate of drug-likeness (QED) is 0.758. The summed E-state index contributed by atoms with van der Waals surface area (Å²) in [7, 11) is 0. The van der Waals surface area contributed by atoms with E-state index < -0.39 is 0 Å². The van der Waals surface area contributed by atoms with Gasteiger partial charge in [-0.25, -0.2) is 14.4 Å². The number of nitrogens with one attached hydrogen (secondary N) is 1. The van der Waals surface area contributed by atoms with Crippen molar-refractivity contribution in [1.29, 1.82) is 0 Å². The van der Waals surface area contributed by atoms with Gasteiger partial charge < -0.3 is 10.1 Å². The fourth-order valence-corrected chi connectivity index (χ4v) is 2.56. The Morgan fingerprint density at radius 1 is 1.23 bits per heavy atom. The van der Waals surface area contributed by atoms with E-state index in [1.165, 1.54) is 12.1 Å². The Hall–Kier alpha value is -2.47. The van der Waals surface area contributed by atoms with Gasteiger partial charge in [-0.05, 0) is 25.1 Å². The molecule has 22 heavy (non-hydrogen) atoms. The highest BCUT2D eigenvalue weighted by atomic mass is 32.1. The lowest BCUT2D eigenvalue weighted by Gasteiger charge is -2.10. The zero-order chi connectivity index (χ0) is 15.4. The van der Waals surface area contributed by atoms with Crippen LogP contribution in [0.1, 0.15) is 10.4 Å². The van der Waals surface area contributed by atoms with E-state index in [4.69, 9.17) is 4.74 Å². The molecule has 4 nitrogen and oxygen atoms in total. The van der Waals surface area contributed by atoms with Crippen LogP contribution >= 0.6 is 11.3 Å². The Morgan fingerprint density at radius 2 is 2.14 bits per heavy atom. The molecule has 6 heteroatoms. The number of aryl methyl sites for hydroxylation is 1. The number of hydrogen-bond acceptors (Lipinski definition) is 5. The van der Waals surface area contributed by atoms with Gasteiger partial charge in [0.2, 0.25) is 5.88 Å². The van der Waals surface area contributed by atoms with Crippen molar-refractivity contribution in [1.82, 2.24) is 9.97 Å². The molecule has 2 heterocycles. The zero-order valence-corrected chi connectivity index (χ0v) is 12.7. The lowest BCUT2D eigenvalue weighted by molar-refractivity contribution is 0.452. The molecule has 0 saturated heterocycles. The molecule has 0 aliphatic rings. The van der Waals surface area contributed by atoms with E-state index in [0.717, 1.165) is 15.6 Å². The minimum Gasteiger partial charge on any atom is -0.439 e. The molecule has 1 aromatic carbocycles. The first-order valence-corrected chi connectivity index (χ1v) is 7.56. The van der Waals surface area contributed by atoms with E-state index in [0.29, 0.717) is 18.2 Å². The lowest BCUT2D eigenvalue weighted by atomic mass is 10.2. The third kappa shape index (κ3) is 3.59. The first kappa shape index (κ1) is 14.5. The molecule has 0 saturated carbocycles. The van der Waals surface area contributed by atoms with Gasteiger partial charge in [0.25, 0.3) is 0 Å². The molecule has 1 N–H and O–H groups in total. The summed E-state index contributed by atoms with van der Waals surface area (Å²) in [4.78, 5) is 9.62. The zero-order valence-electron chi connectivity index (χ0n) is 11.9. The molecular formula is C16H14FN3OS. The molecule has 0 spiro atoms. The standard InChI is InChI=1S/C16H14FN3OS/c1-11-9-19-16(22-11)20-10-12-4-3-7-18-15(12)21-14-6-2-5-13(17)8-14/h2-9H,10H2,1H3,(H,19,20). The highest BCUT2D eigenvalue weighted by Crippen LogP contribution is 2.25. The first-order valence-electron chi connectivity index (χ1n) is 6.74. The molecule has 0 bridgehead atoms. The third-order valence-corrected chi connectivity index (χ3v) is 3.78. The Morgan fingerprint density at radius 3 is 2.91 bits per heavy atom. The molecule has 0 aliphatic heterocycles. The lowest BCUT2D eigenvalue weighted by Crippen LogP contribution is -2.02. The number of halogens is 1. The third-order valence-electron chi connectivity index (χ3n) is 2.91. The number of benzene rings is 1. The smallest absolute Gasteiger partial charge is 0.224 e. The van der Waals surface area contributed by atoms with Gasteiger partial charge in [0.05, 0.1) is 0 Å². The molecule has 0 radical (unpaired) electrons. The maximum Gasteiger partial charge on any atom is 0.224 e. The van der Waals surface area contributed by atoms with Crippen LogP contribution in [0.25, 0.3) is 0 Å². The number of anilines is 1. The molecule has 0 atom stereocenters. The Kier molecular flexibility index (Phi) is 4.29. The second-order valence-corrected chi connectivity index (χ2v) is 5.89. The predicted molar refractivity (Wildman–Crippen MR) is 84.9 cm³/mol. The molecular weight excluding hydrogens is 301 g/mol. The van der Waals surface area contributed by atoms with Crippen LogP contribution in [0.4, 0.5) is 9.52 Å². The Bertz CT molecular complexity index is 775. The summed E-state index contributed by atoms with van der Waals surface area (Å²) in [5, 5.41) is 4.08. The summed E-state index contributed by atoms with van der Waals surface area (Å²) in [6, 6.07) is 9.75. The Labute approximate surface area is 131 Å². The van der Waals surface area contributed by atoms with E-state index in [2.05, 4.69) is 15.3 Å². The van der Waals surface area contributed by atoms with Crippen molar-refractivity contribution in [3.05, 3.63) is 65.0 Å². The molecule has 0 unspecified atom stereocenters. The van der Waals surface area contributed by atoms with Crippen LogP contribution in [0.2, 0.25) is 0 Å². The summed E-state index contributed by atoms with van der Waals surface area (Å²) in [6.07, 6.45) is 3.46. The van der Waals surface area contributed by atoms with Crippen LogP contribution < -0.4 is 10.1 Å². The number of nitrogens with zero attached hydrogens (tertiary/aromatic N) is 2. The minimum absolute atomic E-state index is 0.341. The van der Waals surface area contributed by atoms with Crippen LogP contribution in [0.3, 0.4) is 0 Å². The van der Waals surface area contributed by atoms with Crippen molar-refractivity contribution in [2.75, 3.05) is 5.32 Å². The van der Waals surface area contributed by atoms with Gasteiger partial charge in [-0.3, -0.25) is 0 Å². The molecule has 3 rings (SSSR count). The maximum absolute atomic E-state index is 13.2. The van der Waals surface area contributed by atoms with Crippen molar-refractivity contribution < 1.29 is 9.13 Å². The monoisotopic (exact) mass is 315 g/mol. The molecule has 112 valence electrons. The van der Waals surface area contributed by atoms with Crippen LogP contribution in [0.15, 0.2) is 48.8 Å². The Balaban J connectivity index is 1.74. The summed E-state index contributed by atoms with van der Waals surface area (Å²) < 4.78 is 18.9. The largest absolute Gasteiger partial charge is 0.439 e. The molecule has 0 amide bonds. The van der Waals surface area contributed by atoms with Crippen molar-refractivity contribution in [2.45, 2.75) is 13.5 Å². The van der Waals surface area contributed by atoms with Crippen molar-refractivity contribution >= 4 is 16.5 Å². The van der Waals surface area contributed by atoms with Gasteiger partial charge in [-0.1, -0.05) is 12.1 Å². The highest BCUT2D eigenvalue weighted by Gasteiger charge is 2.07. The van der Waals surface area contributed by atoms with E-state index >= 15 is 0 Å². The number of thiazole rings is 1. The minimum atomic E-state index is -0.341. The van der Waals surface area contributed by atoms with E-state index in [-0.39, 0.29) is 5.82 Å². The van der Waals surface area contributed by atoms with Crippen molar-refractivity contribution in [2.24, 2.45) is 0 Å². The summed E-state index contributed by atoms with van der Waals surface area (Å²) >= 11 is 1.59. The van der Waals surface area contributed by atoms with Crippen molar-refractivity contribution in [3.63, 3.8) is 0 Å². The van der Waals surface area contributed by atoms with Gasteiger partial charge in [0.15, 0.2) is 5.13 Å². The first-order chi connectivity index (χ1) is 10.7. The van der Waals surface area contributed by atoms with Gasteiger partial charge >= 0.3 is 0 Å². The van der Waals surface area contributed by atoms with Crippen LogP contribution in [0.5, 0.6) is 11.6 Å². The SMILES string of the molecule is Cc1cnc(NCc2cccnc2Oc2cccc(F)c2)s1. The average molecular weight is 315 g/mol. The molecule has 3 aromatic rings. The van der Waals surface area contributed by atoms with E-state index in [1.807, 2.05) is 25.3 Å². The maximum atomic E-state index is 13.2. The number of pyridine rings is 1. The predicted octanol–water partition coefficient (Wildman–Crippen LogP) is 4.39. The van der Waals surface area contributed by atoms with Gasteiger partial charge in [0.1, 0.15) is 11.6 Å². The second kappa shape index (κ2) is 6.53. The van der Waals surface area contributed by atoms with Gasteiger partial charge in [-0.2, -0.15) is 0 Å². The number of rotatable bonds is 5. The summed E-state index contributed by atoms with van der Waals surface area (Å²) in [5.41, 5.74) is 0.875. The van der Waals surface area contributed by atoms with E-state index in [1.54, 1.807) is 29.7 Å².